The van der Waals surface area contributed by atoms with Gasteiger partial charge in [0.2, 0.25) is 5.91 Å². The lowest BCUT2D eigenvalue weighted by Crippen LogP contribution is -2.39. The molecule has 1 aliphatic heterocycles. The second kappa shape index (κ2) is 10.5. The van der Waals surface area contributed by atoms with E-state index in [1.54, 1.807) is 18.6 Å². The van der Waals surface area contributed by atoms with Crippen molar-refractivity contribution >= 4 is 42.1 Å². The summed E-state index contributed by atoms with van der Waals surface area (Å²) < 4.78 is 0. The smallest absolute Gasteiger partial charge is 0.226 e. The molecule has 1 unspecified atom stereocenters. The minimum absolute atomic E-state index is 0. The average Bonchev–Trinajstić information content (AvgIpc) is 3.15. The Hall–Kier alpha value is -2.06. The topological polar surface area (TPSA) is 79.8 Å². The van der Waals surface area contributed by atoms with Crippen molar-refractivity contribution in [2.75, 3.05) is 13.1 Å². The number of carbonyl (C=O) groups is 1. The monoisotopic (exact) mass is 437 g/mol. The highest BCUT2D eigenvalue weighted by Crippen LogP contribution is 2.22. The van der Waals surface area contributed by atoms with Crippen LogP contribution in [-0.4, -0.2) is 33.9 Å². The Bertz CT molecular complexity index is 906. The number of hydrogen-bond acceptors (Lipinski definition) is 6. The van der Waals surface area contributed by atoms with Crippen molar-refractivity contribution in [2.24, 2.45) is 0 Å². The maximum Gasteiger partial charge on any atom is 0.226 e. The van der Waals surface area contributed by atoms with E-state index in [2.05, 4.69) is 43.8 Å². The quantitative estimate of drug-likeness (QED) is 0.641. The average molecular weight is 438 g/mol. The van der Waals surface area contributed by atoms with Crippen LogP contribution in [0.3, 0.4) is 0 Å². The summed E-state index contributed by atoms with van der Waals surface area (Å²) in [5, 5.41) is 9.18. The number of fused-ring (bicyclic) bond motifs is 1. The van der Waals surface area contributed by atoms with Gasteiger partial charge in [0, 0.05) is 30.4 Å². The van der Waals surface area contributed by atoms with Crippen LogP contribution in [0, 0.1) is 0 Å². The molecule has 0 radical (unpaired) electrons. The summed E-state index contributed by atoms with van der Waals surface area (Å²) in [7, 11) is 0. The largest absolute Gasteiger partial charge is 0.354 e. The van der Waals surface area contributed by atoms with Crippen molar-refractivity contribution in [2.45, 2.75) is 18.9 Å². The van der Waals surface area contributed by atoms with E-state index < -0.39 is 0 Å². The standard InChI is InChI=1S/C19H19N5OS.2ClH/c25-18(9-14-12-26-19(24-14)17-10-20-7-8-22-17)23-11-16-15-4-2-1-3-13(15)5-6-21-16;;/h1-4,7-8,10,12,16,21H,5-6,9,11H2,(H,23,25);2*1H. The second-order valence-electron chi connectivity index (χ2n) is 6.17. The van der Waals surface area contributed by atoms with Crippen LogP contribution in [-0.2, 0) is 17.6 Å². The molecule has 1 aromatic carbocycles. The van der Waals surface area contributed by atoms with E-state index in [4.69, 9.17) is 0 Å². The minimum Gasteiger partial charge on any atom is -0.354 e. The zero-order valence-corrected chi connectivity index (χ0v) is 17.4. The molecule has 0 bridgehead atoms. The zero-order chi connectivity index (χ0) is 17.8. The van der Waals surface area contributed by atoms with Crippen molar-refractivity contribution in [3.63, 3.8) is 0 Å². The number of amides is 1. The summed E-state index contributed by atoms with van der Waals surface area (Å²) in [6.45, 7) is 1.52. The van der Waals surface area contributed by atoms with Gasteiger partial charge in [0.25, 0.3) is 0 Å². The van der Waals surface area contributed by atoms with Crippen molar-refractivity contribution in [3.8, 4) is 10.7 Å². The molecular weight excluding hydrogens is 417 g/mol. The predicted molar refractivity (Wildman–Crippen MR) is 115 cm³/mol. The molecule has 1 aliphatic rings. The number of aromatic nitrogens is 3. The van der Waals surface area contributed by atoms with E-state index in [0.717, 1.165) is 29.4 Å². The van der Waals surface area contributed by atoms with Crippen molar-refractivity contribution in [3.05, 3.63) is 65.1 Å². The Morgan fingerprint density at radius 3 is 2.93 bits per heavy atom. The zero-order valence-electron chi connectivity index (χ0n) is 15.0. The third kappa shape index (κ3) is 5.26. The fourth-order valence-electron chi connectivity index (χ4n) is 3.13. The molecule has 9 heteroatoms. The Labute approximate surface area is 180 Å². The molecule has 3 aromatic rings. The molecule has 3 heterocycles. The first-order chi connectivity index (χ1) is 12.8. The molecule has 0 spiro atoms. The van der Waals surface area contributed by atoms with E-state index in [9.17, 15) is 4.79 Å². The molecule has 0 fully saturated rings. The summed E-state index contributed by atoms with van der Waals surface area (Å²) in [6, 6.07) is 8.57. The molecule has 28 heavy (non-hydrogen) atoms. The summed E-state index contributed by atoms with van der Waals surface area (Å²) in [5.41, 5.74) is 4.12. The number of halogens is 2. The van der Waals surface area contributed by atoms with Crippen LogP contribution in [0.4, 0.5) is 0 Å². The SMILES string of the molecule is Cl.Cl.O=C(Cc1csc(-c2cnccn2)n1)NCC1NCCc2ccccc21. The van der Waals surface area contributed by atoms with Crippen LogP contribution in [0.2, 0.25) is 0 Å². The fourth-order valence-corrected chi connectivity index (χ4v) is 3.91. The van der Waals surface area contributed by atoms with Gasteiger partial charge in [-0.15, -0.1) is 36.2 Å². The molecule has 2 N–H and O–H groups in total. The minimum atomic E-state index is -0.0224. The Morgan fingerprint density at radius 2 is 2.11 bits per heavy atom. The molecule has 148 valence electrons. The summed E-state index contributed by atoms with van der Waals surface area (Å²) in [5.74, 6) is -0.0224. The molecule has 0 saturated heterocycles. The van der Waals surface area contributed by atoms with Gasteiger partial charge in [0.15, 0.2) is 0 Å². The van der Waals surface area contributed by atoms with Crippen LogP contribution in [0.25, 0.3) is 10.7 Å². The summed E-state index contributed by atoms with van der Waals surface area (Å²) >= 11 is 1.48. The highest BCUT2D eigenvalue weighted by Gasteiger charge is 2.19. The lowest BCUT2D eigenvalue weighted by Gasteiger charge is -2.27. The number of benzene rings is 1. The van der Waals surface area contributed by atoms with Gasteiger partial charge in [0.1, 0.15) is 10.7 Å². The number of carbonyl (C=O) groups excluding carboxylic acids is 1. The molecule has 1 amide bonds. The Kier molecular flexibility index (Phi) is 8.32. The molecule has 1 atom stereocenters. The van der Waals surface area contributed by atoms with Crippen LogP contribution in [0.15, 0.2) is 48.2 Å². The lowest BCUT2D eigenvalue weighted by atomic mass is 9.94. The lowest BCUT2D eigenvalue weighted by molar-refractivity contribution is -0.120. The van der Waals surface area contributed by atoms with E-state index in [0.29, 0.717) is 6.54 Å². The van der Waals surface area contributed by atoms with Gasteiger partial charge < -0.3 is 10.6 Å². The van der Waals surface area contributed by atoms with Crippen LogP contribution in [0.1, 0.15) is 22.9 Å². The Morgan fingerprint density at radius 1 is 1.25 bits per heavy atom. The number of thiazole rings is 1. The predicted octanol–water partition coefficient (Wildman–Crippen LogP) is 2.99. The fraction of sp³-hybridized carbons (Fsp3) is 0.263. The molecular formula is C19H21Cl2N5OS. The van der Waals surface area contributed by atoms with E-state index >= 15 is 0 Å². The highest BCUT2D eigenvalue weighted by atomic mass is 35.5. The number of nitrogens with zero attached hydrogens (tertiary/aromatic N) is 3. The number of rotatable bonds is 5. The van der Waals surface area contributed by atoms with Gasteiger partial charge in [-0.3, -0.25) is 14.8 Å². The van der Waals surface area contributed by atoms with Gasteiger partial charge in [-0.2, -0.15) is 0 Å². The molecule has 2 aromatic heterocycles. The summed E-state index contributed by atoms with van der Waals surface area (Å²) in [6.07, 6.45) is 6.24. The van der Waals surface area contributed by atoms with Crippen LogP contribution in [0.5, 0.6) is 0 Å². The first-order valence-corrected chi connectivity index (χ1v) is 9.46. The van der Waals surface area contributed by atoms with Crippen molar-refractivity contribution in [1.29, 1.82) is 0 Å². The molecule has 0 saturated carbocycles. The van der Waals surface area contributed by atoms with Crippen LogP contribution >= 0.6 is 36.2 Å². The summed E-state index contributed by atoms with van der Waals surface area (Å²) in [4.78, 5) is 25.1. The van der Waals surface area contributed by atoms with Gasteiger partial charge in [0.05, 0.1) is 18.3 Å². The number of nitrogens with one attached hydrogen (secondary N) is 2. The van der Waals surface area contributed by atoms with Gasteiger partial charge >= 0.3 is 0 Å². The van der Waals surface area contributed by atoms with E-state index in [1.165, 1.54) is 22.5 Å². The van der Waals surface area contributed by atoms with Gasteiger partial charge in [-0.05, 0) is 24.1 Å². The van der Waals surface area contributed by atoms with Gasteiger partial charge in [-0.25, -0.2) is 4.98 Å². The maximum atomic E-state index is 12.3. The number of hydrogen-bond donors (Lipinski definition) is 2. The molecule has 4 rings (SSSR count). The molecule has 0 aliphatic carbocycles. The van der Waals surface area contributed by atoms with Crippen molar-refractivity contribution in [1.82, 2.24) is 25.6 Å². The Balaban J connectivity index is 0.00000140. The normalized spacial score (nSPS) is 14.9. The first-order valence-electron chi connectivity index (χ1n) is 8.58. The van der Waals surface area contributed by atoms with Gasteiger partial charge in [-0.1, -0.05) is 24.3 Å². The molecule has 6 nitrogen and oxygen atoms in total. The highest BCUT2D eigenvalue weighted by molar-refractivity contribution is 7.13. The van der Waals surface area contributed by atoms with Crippen LogP contribution < -0.4 is 10.6 Å². The van der Waals surface area contributed by atoms with E-state index in [-0.39, 0.29) is 43.2 Å². The third-order valence-corrected chi connectivity index (χ3v) is 5.31. The van der Waals surface area contributed by atoms with E-state index in [1.807, 2.05) is 11.4 Å². The second-order valence-corrected chi connectivity index (χ2v) is 7.03. The maximum absolute atomic E-state index is 12.3. The first kappa shape index (κ1) is 22.2. The third-order valence-electron chi connectivity index (χ3n) is 4.39. The van der Waals surface area contributed by atoms with Crippen molar-refractivity contribution < 1.29 is 4.79 Å².